The molecule has 1 amide bonds. The number of methoxy groups -OCH3 is 1. The van der Waals surface area contributed by atoms with Crippen LogP contribution in [-0.2, 0) is 14.6 Å². The van der Waals surface area contributed by atoms with E-state index in [4.69, 9.17) is 9.84 Å². The molecule has 1 saturated heterocycles. The summed E-state index contributed by atoms with van der Waals surface area (Å²) >= 11 is 0. The summed E-state index contributed by atoms with van der Waals surface area (Å²) in [7, 11) is -1.83. The fraction of sp³-hybridized carbons (Fsp3) is 0.381. The summed E-state index contributed by atoms with van der Waals surface area (Å²) in [5.41, 5.74) is 1.78. The first-order valence-electron chi connectivity index (χ1n) is 9.77. The summed E-state index contributed by atoms with van der Waals surface area (Å²) in [5.74, 6) is 0.514. The van der Waals surface area contributed by atoms with Crippen LogP contribution in [0.3, 0.4) is 0 Å². The highest BCUT2D eigenvalue weighted by Gasteiger charge is 2.21. The number of carbonyl (C=O) groups is 1. The van der Waals surface area contributed by atoms with Gasteiger partial charge in [-0.25, -0.2) is 8.42 Å². The number of ether oxygens (including phenoxy) is 1. The van der Waals surface area contributed by atoms with Crippen molar-refractivity contribution in [3.63, 3.8) is 0 Å². The minimum absolute atomic E-state index is 0.00126. The molecule has 1 heterocycles. The largest absolute Gasteiger partial charge is 0.497 e. The van der Waals surface area contributed by atoms with Gasteiger partial charge in [-0.3, -0.25) is 4.79 Å². The predicted molar refractivity (Wildman–Crippen MR) is 116 cm³/mol. The summed E-state index contributed by atoms with van der Waals surface area (Å²) in [4.78, 5) is 16.7. The number of piperazine rings is 1. The van der Waals surface area contributed by atoms with Gasteiger partial charge in [-0.05, 0) is 48.5 Å². The van der Waals surface area contributed by atoms with Gasteiger partial charge in [-0.2, -0.15) is 0 Å². The van der Waals surface area contributed by atoms with E-state index in [1.54, 1.807) is 19.2 Å². The molecular formula is C21H27N3O5S. The Hall–Kier alpha value is -2.78. The molecule has 30 heavy (non-hydrogen) atoms. The molecule has 0 saturated carbocycles. The van der Waals surface area contributed by atoms with Crippen molar-refractivity contribution in [1.82, 2.24) is 4.90 Å². The Morgan fingerprint density at radius 1 is 1.03 bits per heavy atom. The summed E-state index contributed by atoms with van der Waals surface area (Å²) in [6.07, 6.45) is 0. The van der Waals surface area contributed by atoms with Crippen LogP contribution in [-0.4, -0.2) is 76.5 Å². The lowest BCUT2D eigenvalue weighted by atomic mass is 10.2. The second-order valence-electron chi connectivity index (χ2n) is 6.99. The number of nitrogens with one attached hydrogen (secondary N) is 1. The van der Waals surface area contributed by atoms with Gasteiger partial charge in [0.05, 0.1) is 30.9 Å². The molecule has 0 bridgehead atoms. The summed E-state index contributed by atoms with van der Waals surface area (Å²) in [6, 6.07) is 14.1. The van der Waals surface area contributed by atoms with E-state index < -0.39 is 16.4 Å². The molecule has 1 aliphatic heterocycles. The third-order valence-corrected chi connectivity index (χ3v) is 6.80. The van der Waals surface area contributed by atoms with Crippen LogP contribution in [0.15, 0.2) is 53.4 Å². The average Bonchev–Trinajstić information content (AvgIpc) is 2.78. The minimum atomic E-state index is -3.47. The highest BCUT2D eigenvalue weighted by Crippen LogP contribution is 2.20. The van der Waals surface area contributed by atoms with Crippen LogP contribution in [0, 0.1) is 0 Å². The van der Waals surface area contributed by atoms with Crippen molar-refractivity contribution in [1.29, 1.82) is 0 Å². The molecule has 0 unspecified atom stereocenters. The highest BCUT2D eigenvalue weighted by molar-refractivity contribution is 7.91. The number of aliphatic hydroxyl groups is 1. The Kier molecular flexibility index (Phi) is 7.17. The van der Waals surface area contributed by atoms with Gasteiger partial charge in [0.1, 0.15) is 5.75 Å². The van der Waals surface area contributed by atoms with Crippen LogP contribution in [0.5, 0.6) is 5.75 Å². The Morgan fingerprint density at radius 2 is 1.67 bits per heavy atom. The molecule has 162 valence electrons. The van der Waals surface area contributed by atoms with Crippen LogP contribution in [0.1, 0.15) is 0 Å². The van der Waals surface area contributed by atoms with Crippen molar-refractivity contribution in [3.8, 4) is 5.75 Å². The number of rotatable bonds is 8. The molecule has 0 aromatic heterocycles. The molecule has 1 aliphatic rings. The number of amides is 1. The second kappa shape index (κ2) is 9.82. The minimum Gasteiger partial charge on any atom is -0.497 e. The number of aliphatic hydroxyl groups excluding tert-OH is 1. The van der Waals surface area contributed by atoms with Gasteiger partial charge in [-0.1, -0.05) is 0 Å². The molecule has 0 aliphatic carbocycles. The van der Waals surface area contributed by atoms with Gasteiger partial charge >= 0.3 is 0 Å². The molecule has 0 radical (unpaired) electrons. The molecular weight excluding hydrogens is 406 g/mol. The van der Waals surface area contributed by atoms with E-state index in [9.17, 15) is 13.2 Å². The maximum atomic E-state index is 12.5. The maximum absolute atomic E-state index is 12.5. The lowest BCUT2D eigenvalue weighted by molar-refractivity contribution is -0.129. The molecule has 2 aromatic rings. The van der Waals surface area contributed by atoms with E-state index >= 15 is 0 Å². The second-order valence-corrected chi connectivity index (χ2v) is 9.10. The van der Waals surface area contributed by atoms with Gasteiger partial charge in [0.15, 0.2) is 9.84 Å². The van der Waals surface area contributed by atoms with E-state index in [-0.39, 0.29) is 23.1 Å². The van der Waals surface area contributed by atoms with Crippen LogP contribution in [0.25, 0.3) is 0 Å². The first kappa shape index (κ1) is 21.9. The van der Waals surface area contributed by atoms with Gasteiger partial charge in [0.2, 0.25) is 5.91 Å². The van der Waals surface area contributed by atoms with Crippen LogP contribution >= 0.6 is 0 Å². The van der Waals surface area contributed by atoms with E-state index in [2.05, 4.69) is 10.2 Å². The molecule has 8 nitrogen and oxygen atoms in total. The van der Waals surface area contributed by atoms with E-state index in [1.807, 2.05) is 29.2 Å². The lowest BCUT2D eigenvalue weighted by Crippen LogP contribution is -2.50. The number of carbonyl (C=O) groups excluding carboxylic acids is 1. The smallest absolute Gasteiger partial charge is 0.241 e. The zero-order chi connectivity index (χ0) is 21.6. The maximum Gasteiger partial charge on any atom is 0.241 e. The van der Waals surface area contributed by atoms with Crippen molar-refractivity contribution < 1.29 is 23.1 Å². The first-order chi connectivity index (χ1) is 14.4. The van der Waals surface area contributed by atoms with Gasteiger partial charge in [-0.15, -0.1) is 0 Å². The topological polar surface area (TPSA) is 99.2 Å². The van der Waals surface area contributed by atoms with Crippen molar-refractivity contribution in [2.24, 2.45) is 0 Å². The Bertz CT molecular complexity index is 938. The number of benzene rings is 2. The standard InChI is InChI=1S/C21H27N3O5S/c1-29-19-6-4-18(5-7-19)23-10-12-24(13-11-23)21(26)16-22-17-2-8-20(9-3-17)30(27,28)15-14-25/h2-9,22,25H,10-16H2,1H3. The molecule has 3 rings (SSSR count). The van der Waals surface area contributed by atoms with Crippen molar-refractivity contribution in [2.75, 3.05) is 62.4 Å². The highest BCUT2D eigenvalue weighted by atomic mass is 32.2. The Morgan fingerprint density at radius 3 is 2.23 bits per heavy atom. The molecule has 9 heteroatoms. The van der Waals surface area contributed by atoms with Gasteiger partial charge in [0, 0.05) is 37.6 Å². The summed E-state index contributed by atoms with van der Waals surface area (Å²) in [6.45, 7) is 2.54. The van der Waals surface area contributed by atoms with Crippen LogP contribution < -0.4 is 15.0 Å². The summed E-state index contributed by atoms with van der Waals surface area (Å²) in [5, 5.41) is 11.9. The number of anilines is 2. The molecule has 2 aromatic carbocycles. The normalized spacial score (nSPS) is 14.5. The number of hydrogen-bond acceptors (Lipinski definition) is 7. The van der Waals surface area contributed by atoms with E-state index in [0.29, 0.717) is 18.8 Å². The predicted octanol–water partition coefficient (Wildman–Crippen LogP) is 1.22. The molecule has 2 N–H and O–H groups in total. The number of sulfone groups is 1. The molecule has 1 fully saturated rings. The molecule has 0 spiro atoms. The summed E-state index contributed by atoms with van der Waals surface area (Å²) < 4.78 is 29.0. The number of nitrogens with zero attached hydrogens (tertiary/aromatic N) is 2. The SMILES string of the molecule is COc1ccc(N2CCN(C(=O)CNc3ccc(S(=O)(=O)CCO)cc3)CC2)cc1. The lowest BCUT2D eigenvalue weighted by Gasteiger charge is -2.36. The van der Waals surface area contributed by atoms with Crippen LogP contribution in [0.2, 0.25) is 0 Å². The van der Waals surface area contributed by atoms with Crippen molar-refractivity contribution >= 4 is 27.1 Å². The Labute approximate surface area is 177 Å². The monoisotopic (exact) mass is 433 g/mol. The van der Waals surface area contributed by atoms with E-state index in [1.165, 1.54) is 12.1 Å². The Balaban J connectivity index is 1.48. The first-order valence-corrected chi connectivity index (χ1v) is 11.4. The van der Waals surface area contributed by atoms with Gasteiger partial charge in [0.25, 0.3) is 0 Å². The van der Waals surface area contributed by atoms with Gasteiger partial charge < -0.3 is 25.0 Å². The quantitative estimate of drug-likeness (QED) is 0.646. The van der Waals surface area contributed by atoms with Crippen molar-refractivity contribution in [3.05, 3.63) is 48.5 Å². The average molecular weight is 434 g/mol. The van der Waals surface area contributed by atoms with Crippen LogP contribution in [0.4, 0.5) is 11.4 Å². The number of hydrogen-bond donors (Lipinski definition) is 2. The third kappa shape index (κ3) is 5.43. The van der Waals surface area contributed by atoms with Crippen molar-refractivity contribution in [2.45, 2.75) is 4.90 Å². The third-order valence-electron chi connectivity index (χ3n) is 5.09. The van der Waals surface area contributed by atoms with E-state index in [0.717, 1.165) is 24.5 Å². The zero-order valence-corrected chi connectivity index (χ0v) is 17.8. The fourth-order valence-electron chi connectivity index (χ4n) is 3.31. The zero-order valence-electron chi connectivity index (χ0n) is 17.0. The molecule has 0 atom stereocenters. The fourth-order valence-corrected chi connectivity index (χ4v) is 4.34.